The lowest BCUT2D eigenvalue weighted by atomic mass is 9.97. The van der Waals surface area contributed by atoms with E-state index in [0.717, 1.165) is 18.2 Å². The zero-order valence-corrected chi connectivity index (χ0v) is 19.4. The molecule has 2 fully saturated rings. The number of fused-ring (bicyclic) bond motifs is 1. The summed E-state index contributed by atoms with van der Waals surface area (Å²) in [5.41, 5.74) is -2.66. The first-order valence-corrected chi connectivity index (χ1v) is 11.8. The van der Waals surface area contributed by atoms with E-state index in [1.807, 2.05) is 4.90 Å². The lowest BCUT2D eigenvalue weighted by Crippen LogP contribution is -2.56. The number of H-pyrrole nitrogens is 1. The molecule has 0 spiro atoms. The number of rotatable bonds is 4. The largest absolute Gasteiger partial charge is 0.416 e. The van der Waals surface area contributed by atoms with Crippen LogP contribution < -0.4 is 10.2 Å². The fourth-order valence-electron chi connectivity index (χ4n) is 5.04. The maximum atomic E-state index is 13.4. The van der Waals surface area contributed by atoms with Crippen LogP contribution in [0.5, 0.6) is 0 Å². The van der Waals surface area contributed by atoms with Crippen LogP contribution in [0.4, 0.5) is 37.8 Å². The number of carbonyl (C=O) groups is 1. The SMILES string of the molecule is O=C1C(Nc2cc(C(F)(F)F)cc(C(F)(F)F)c2)CCCN1[C@@H]1CCCN(c2ncnc3[nH]ncc23)C1. The van der Waals surface area contributed by atoms with E-state index >= 15 is 0 Å². The van der Waals surface area contributed by atoms with Crippen molar-refractivity contribution in [3.8, 4) is 0 Å². The predicted octanol–water partition coefficient (Wildman–Crippen LogP) is 4.46. The molecule has 1 amide bonds. The van der Waals surface area contributed by atoms with E-state index in [2.05, 4.69) is 25.5 Å². The van der Waals surface area contributed by atoms with Crippen molar-refractivity contribution in [3.05, 3.63) is 41.9 Å². The van der Waals surface area contributed by atoms with Crippen LogP contribution in [0.2, 0.25) is 0 Å². The van der Waals surface area contributed by atoms with Gasteiger partial charge >= 0.3 is 12.4 Å². The Balaban J connectivity index is 1.35. The number of amides is 1. The molecule has 1 aromatic carbocycles. The standard InChI is InChI=1S/C23H23F6N7O/c24-22(25,26)13-7-14(23(27,28)29)9-15(8-13)33-18-4-2-6-36(21(18)37)16-3-1-5-35(11-16)20-17-10-32-34-19(17)30-12-31-20/h7-10,12,16,18,33H,1-6,11H2,(H,30,31,32,34)/t16-,18?/m1/s1. The van der Waals surface area contributed by atoms with Gasteiger partial charge in [0.25, 0.3) is 0 Å². The number of likely N-dealkylation sites (tertiary alicyclic amines) is 1. The number of nitrogens with zero attached hydrogens (tertiary/aromatic N) is 5. The number of hydrogen-bond donors (Lipinski definition) is 2. The third kappa shape index (κ3) is 5.14. The Kier molecular flexibility index (Phi) is 6.36. The van der Waals surface area contributed by atoms with Crippen molar-refractivity contribution in [2.75, 3.05) is 29.9 Å². The van der Waals surface area contributed by atoms with Crippen molar-refractivity contribution < 1.29 is 31.1 Å². The van der Waals surface area contributed by atoms with Gasteiger partial charge in [0.1, 0.15) is 18.2 Å². The number of aromatic nitrogens is 4. The molecule has 2 aromatic heterocycles. The highest BCUT2D eigenvalue weighted by atomic mass is 19.4. The van der Waals surface area contributed by atoms with Gasteiger partial charge in [-0.25, -0.2) is 9.97 Å². The van der Waals surface area contributed by atoms with Gasteiger partial charge in [0.05, 0.1) is 22.7 Å². The third-order valence-electron chi connectivity index (χ3n) is 6.77. The zero-order chi connectivity index (χ0) is 26.4. The number of nitrogens with one attached hydrogen (secondary N) is 2. The average molecular weight is 527 g/mol. The normalized spacial score (nSPS) is 21.5. The maximum Gasteiger partial charge on any atom is 0.416 e. The van der Waals surface area contributed by atoms with Gasteiger partial charge in [-0.05, 0) is 43.9 Å². The Labute approximate surface area is 207 Å². The van der Waals surface area contributed by atoms with Gasteiger partial charge in [0.15, 0.2) is 5.65 Å². The van der Waals surface area contributed by atoms with E-state index in [1.165, 1.54) is 6.33 Å². The molecule has 2 aliphatic rings. The minimum Gasteiger partial charge on any atom is -0.374 e. The second kappa shape index (κ2) is 9.38. The number of hydrogen-bond acceptors (Lipinski definition) is 6. The molecule has 14 heteroatoms. The van der Waals surface area contributed by atoms with E-state index in [9.17, 15) is 31.1 Å². The number of alkyl halides is 6. The van der Waals surface area contributed by atoms with Crippen molar-refractivity contribution in [2.45, 2.75) is 50.1 Å². The average Bonchev–Trinajstić information content (AvgIpc) is 3.33. The molecule has 0 saturated carbocycles. The number of benzene rings is 1. The third-order valence-corrected chi connectivity index (χ3v) is 6.77. The summed E-state index contributed by atoms with van der Waals surface area (Å²) in [5.74, 6) is 0.339. The fraction of sp³-hybridized carbons (Fsp3) is 0.478. The van der Waals surface area contributed by atoms with E-state index < -0.39 is 35.2 Å². The number of anilines is 2. The molecular weight excluding hydrogens is 504 g/mol. The number of aromatic amines is 1. The summed E-state index contributed by atoms with van der Waals surface area (Å²) in [5, 5.41) is 10.2. The monoisotopic (exact) mass is 527 g/mol. The van der Waals surface area contributed by atoms with Gasteiger partial charge in [0, 0.05) is 31.4 Å². The number of piperidine rings is 2. The van der Waals surface area contributed by atoms with E-state index in [1.54, 1.807) is 11.1 Å². The molecule has 0 bridgehead atoms. The summed E-state index contributed by atoms with van der Waals surface area (Å²) >= 11 is 0. The Morgan fingerprint density at radius 2 is 1.65 bits per heavy atom. The molecule has 198 valence electrons. The summed E-state index contributed by atoms with van der Waals surface area (Å²) in [4.78, 5) is 25.6. The minimum atomic E-state index is -4.97. The predicted molar refractivity (Wildman–Crippen MR) is 122 cm³/mol. The Morgan fingerprint density at radius 1 is 0.946 bits per heavy atom. The van der Waals surface area contributed by atoms with Crippen molar-refractivity contribution in [3.63, 3.8) is 0 Å². The first-order chi connectivity index (χ1) is 17.5. The summed E-state index contributed by atoms with van der Waals surface area (Å²) in [6.07, 6.45) is -4.52. The lowest BCUT2D eigenvalue weighted by Gasteiger charge is -2.43. The van der Waals surface area contributed by atoms with E-state index in [4.69, 9.17) is 0 Å². The highest BCUT2D eigenvalue weighted by Gasteiger charge is 2.39. The van der Waals surface area contributed by atoms with Gasteiger partial charge in [-0.2, -0.15) is 31.4 Å². The Hall–Kier alpha value is -3.58. The number of halogens is 6. The van der Waals surface area contributed by atoms with E-state index in [-0.39, 0.29) is 18.0 Å². The molecule has 4 heterocycles. The molecular formula is C23H23F6N7O. The topological polar surface area (TPSA) is 90.0 Å². The molecule has 2 aliphatic heterocycles. The summed E-state index contributed by atoms with van der Waals surface area (Å²) < 4.78 is 79.6. The van der Waals surface area contributed by atoms with Gasteiger partial charge in [-0.3, -0.25) is 9.89 Å². The summed E-state index contributed by atoms with van der Waals surface area (Å²) in [6.45, 7) is 1.65. The zero-order valence-electron chi connectivity index (χ0n) is 19.4. The molecule has 37 heavy (non-hydrogen) atoms. The number of carbonyl (C=O) groups excluding carboxylic acids is 1. The van der Waals surface area contributed by atoms with Crippen LogP contribution in [0.3, 0.4) is 0 Å². The fourth-order valence-corrected chi connectivity index (χ4v) is 5.04. The molecule has 1 unspecified atom stereocenters. The molecule has 0 aliphatic carbocycles. The van der Waals surface area contributed by atoms with Crippen LogP contribution >= 0.6 is 0 Å². The first kappa shape index (κ1) is 25.1. The van der Waals surface area contributed by atoms with Crippen molar-refractivity contribution >= 4 is 28.4 Å². The molecule has 8 nitrogen and oxygen atoms in total. The van der Waals surface area contributed by atoms with Gasteiger partial charge in [0.2, 0.25) is 5.91 Å². The smallest absolute Gasteiger partial charge is 0.374 e. The van der Waals surface area contributed by atoms with Gasteiger partial charge in [-0.15, -0.1) is 0 Å². The highest BCUT2D eigenvalue weighted by Crippen LogP contribution is 2.38. The molecule has 2 N–H and O–H groups in total. The Morgan fingerprint density at radius 3 is 2.35 bits per heavy atom. The molecule has 2 atom stereocenters. The van der Waals surface area contributed by atoms with Crippen molar-refractivity contribution in [1.82, 2.24) is 25.1 Å². The van der Waals surface area contributed by atoms with Crippen LogP contribution in [-0.2, 0) is 17.1 Å². The van der Waals surface area contributed by atoms with Crippen LogP contribution in [0.1, 0.15) is 36.8 Å². The second-order valence-electron chi connectivity index (χ2n) is 9.24. The second-order valence-corrected chi connectivity index (χ2v) is 9.24. The summed E-state index contributed by atoms with van der Waals surface area (Å²) in [7, 11) is 0. The van der Waals surface area contributed by atoms with Crippen LogP contribution in [0.25, 0.3) is 11.0 Å². The summed E-state index contributed by atoms with van der Waals surface area (Å²) in [6, 6.07) is 0.161. The molecule has 2 saturated heterocycles. The maximum absolute atomic E-state index is 13.4. The first-order valence-electron chi connectivity index (χ1n) is 11.8. The van der Waals surface area contributed by atoms with Gasteiger partial charge < -0.3 is 15.1 Å². The molecule has 0 radical (unpaired) electrons. The molecule has 3 aromatic rings. The quantitative estimate of drug-likeness (QED) is 0.487. The van der Waals surface area contributed by atoms with Crippen LogP contribution in [-0.4, -0.2) is 62.7 Å². The van der Waals surface area contributed by atoms with Crippen LogP contribution in [0, 0.1) is 0 Å². The van der Waals surface area contributed by atoms with E-state index in [0.29, 0.717) is 56.1 Å². The van der Waals surface area contributed by atoms with Crippen molar-refractivity contribution in [2.24, 2.45) is 0 Å². The minimum absolute atomic E-state index is 0.0703. The lowest BCUT2D eigenvalue weighted by molar-refractivity contribution is -0.143. The highest BCUT2D eigenvalue weighted by molar-refractivity contribution is 5.87. The van der Waals surface area contributed by atoms with Crippen LogP contribution in [0.15, 0.2) is 30.7 Å². The Bertz CT molecular complexity index is 1260. The van der Waals surface area contributed by atoms with Gasteiger partial charge in [-0.1, -0.05) is 0 Å². The molecule has 5 rings (SSSR count). The van der Waals surface area contributed by atoms with Crippen molar-refractivity contribution in [1.29, 1.82) is 0 Å².